The van der Waals surface area contributed by atoms with Crippen molar-refractivity contribution in [1.82, 2.24) is 28.5 Å². The summed E-state index contributed by atoms with van der Waals surface area (Å²) < 4.78 is 12.8. The Morgan fingerprint density at radius 1 is 0.660 bits per heavy atom. The normalized spacial score (nSPS) is 12.0. The Hall–Kier alpha value is -5.26. The number of pyridine rings is 2. The minimum atomic E-state index is -0.00840. The van der Waals surface area contributed by atoms with Crippen LogP contribution in [0.1, 0.15) is 26.3 Å². The van der Waals surface area contributed by atoms with Crippen LogP contribution in [0.15, 0.2) is 116 Å². The minimum absolute atomic E-state index is 0. The van der Waals surface area contributed by atoms with Crippen molar-refractivity contribution in [2.75, 3.05) is 0 Å². The first-order valence-electron chi connectivity index (χ1n) is 15.3. The second kappa shape index (κ2) is 10.9. The molecule has 8 heteroatoms. The molecule has 9 rings (SSSR count). The molecule has 5 heterocycles. The summed E-state index contributed by atoms with van der Waals surface area (Å²) >= 11 is 0. The molecule has 0 aliphatic heterocycles. The molecule has 4 aromatic carbocycles. The maximum absolute atomic E-state index is 6.48. The molecule has 47 heavy (non-hydrogen) atoms. The standard InChI is InChI=1S/C39H28N6O.Pt/c1-39(2,3)25-19-21-40-36(22-25)44-32-14-5-4-12-29(32)30-18-17-28(24-35(30)44)46-27-11-8-10-26(23-27)43-33-15-6-7-16-34(33)45-37-31(42-38(43)45)13-9-20-41-37;/h4-22H,1-3H3;/q-2;+2. The topological polar surface area (TPSA) is 62.2 Å². The molecule has 0 aliphatic rings. The van der Waals surface area contributed by atoms with Crippen LogP contribution in [0.3, 0.4) is 0 Å². The van der Waals surface area contributed by atoms with Crippen LogP contribution in [0, 0.1) is 12.1 Å². The Labute approximate surface area is 285 Å². The Balaban J connectivity index is 0.00000324. The van der Waals surface area contributed by atoms with E-state index in [0.717, 1.165) is 61.3 Å². The van der Waals surface area contributed by atoms with Gasteiger partial charge in [0.15, 0.2) is 5.65 Å². The van der Waals surface area contributed by atoms with E-state index in [0.29, 0.717) is 11.5 Å². The van der Waals surface area contributed by atoms with Gasteiger partial charge in [0, 0.05) is 29.4 Å². The number of para-hydroxylation sites is 3. The summed E-state index contributed by atoms with van der Waals surface area (Å²) in [4.78, 5) is 14.4. The van der Waals surface area contributed by atoms with E-state index in [1.165, 1.54) is 5.56 Å². The molecular weight excluding hydrogens is 764 g/mol. The first kappa shape index (κ1) is 29.2. The Morgan fingerprint density at radius 3 is 2.30 bits per heavy atom. The SMILES string of the molecule is CC(C)(C)c1ccnc(-n2c3[c-]c(Oc4[c-]c(-n5c6ccccc6n6c7ncccc7nc56)ccc4)ccc3c3ccccc32)c1.[Pt+2]. The van der Waals surface area contributed by atoms with Gasteiger partial charge in [0.25, 0.3) is 0 Å². The smallest absolute Gasteiger partial charge is 0.509 e. The summed E-state index contributed by atoms with van der Waals surface area (Å²) in [6.07, 6.45) is 3.69. The molecule has 0 radical (unpaired) electrons. The Bertz CT molecular complexity index is 2620. The van der Waals surface area contributed by atoms with Crippen LogP contribution in [-0.4, -0.2) is 28.5 Å². The van der Waals surface area contributed by atoms with E-state index in [1.807, 2.05) is 54.7 Å². The van der Waals surface area contributed by atoms with E-state index in [2.05, 4.69) is 106 Å². The Morgan fingerprint density at radius 2 is 1.45 bits per heavy atom. The van der Waals surface area contributed by atoms with Crippen LogP contribution < -0.4 is 4.74 Å². The molecular formula is C39H28N6OPt. The average molecular weight is 792 g/mol. The molecule has 0 saturated carbocycles. The molecule has 9 aromatic rings. The Kier molecular flexibility index (Phi) is 6.78. The van der Waals surface area contributed by atoms with E-state index in [1.54, 1.807) is 6.20 Å². The van der Waals surface area contributed by atoms with Crippen LogP contribution in [0.2, 0.25) is 0 Å². The largest absolute Gasteiger partial charge is 2.00 e. The van der Waals surface area contributed by atoms with Crippen molar-refractivity contribution in [2.24, 2.45) is 0 Å². The van der Waals surface area contributed by atoms with E-state index >= 15 is 0 Å². The number of hydrogen-bond donors (Lipinski definition) is 0. The third kappa shape index (κ3) is 4.64. The third-order valence-corrected chi connectivity index (χ3v) is 8.57. The first-order chi connectivity index (χ1) is 22.4. The number of benzene rings is 4. The second-order valence-corrected chi connectivity index (χ2v) is 12.5. The van der Waals surface area contributed by atoms with Crippen LogP contribution in [0.25, 0.3) is 61.3 Å². The van der Waals surface area contributed by atoms with Crippen molar-refractivity contribution < 1.29 is 25.8 Å². The van der Waals surface area contributed by atoms with Crippen molar-refractivity contribution in [2.45, 2.75) is 26.2 Å². The number of rotatable bonds is 4. The fourth-order valence-electron chi connectivity index (χ4n) is 6.38. The van der Waals surface area contributed by atoms with Crippen LogP contribution >= 0.6 is 0 Å². The van der Waals surface area contributed by atoms with Gasteiger partial charge in [-0.3, -0.25) is 4.40 Å². The zero-order valence-electron chi connectivity index (χ0n) is 25.9. The summed E-state index contributed by atoms with van der Waals surface area (Å²) in [6, 6.07) is 41.8. The van der Waals surface area contributed by atoms with Gasteiger partial charge in [0.2, 0.25) is 5.78 Å². The zero-order chi connectivity index (χ0) is 31.0. The molecule has 0 atom stereocenters. The maximum atomic E-state index is 6.48. The molecule has 0 spiro atoms. The van der Waals surface area contributed by atoms with Gasteiger partial charge in [0.05, 0.1) is 11.0 Å². The summed E-state index contributed by atoms with van der Waals surface area (Å²) in [5.74, 6) is 2.79. The molecule has 230 valence electrons. The molecule has 0 bridgehead atoms. The number of ether oxygens (including phenoxy) is 1. The van der Waals surface area contributed by atoms with Gasteiger partial charge in [-0.05, 0) is 58.8 Å². The van der Waals surface area contributed by atoms with Gasteiger partial charge in [-0.25, -0.2) is 15.0 Å². The maximum Gasteiger partial charge on any atom is 2.00 e. The van der Waals surface area contributed by atoms with Crippen molar-refractivity contribution in [3.05, 3.63) is 133 Å². The molecule has 0 aliphatic carbocycles. The third-order valence-electron chi connectivity index (χ3n) is 8.57. The molecule has 0 saturated heterocycles. The molecule has 5 aromatic heterocycles. The van der Waals surface area contributed by atoms with Gasteiger partial charge in [-0.2, -0.15) is 12.1 Å². The number of hydrogen-bond acceptors (Lipinski definition) is 4. The second-order valence-electron chi connectivity index (χ2n) is 12.5. The first-order valence-corrected chi connectivity index (χ1v) is 15.3. The molecule has 0 amide bonds. The van der Waals surface area contributed by atoms with Gasteiger partial charge >= 0.3 is 21.1 Å². The van der Waals surface area contributed by atoms with E-state index in [-0.39, 0.29) is 26.5 Å². The number of aromatic nitrogens is 6. The molecule has 7 nitrogen and oxygen atoms in total. The van der Waals surface area contributed by atoms with Crippen LogP contribution in [0.4, 0.5) is 0 Å². The molecule has 0 fully saturated rings. The minimum Gasteiger partial charge on any atom is -0.509 e. The number of imidazole rings is 2. The predicted molar refractivity (Wildman–Crippen MR) is 182 cm³/mol. The number of nitrogens with zero attached hydrogens (tertiary/aromatic N) is 6. The molecule has 0 N–H and O–H groups in total. The van der Waals surface area contributed by atoms with E-state index < -0.39 is 0 Å². The van der Waals surface area contributed by atoms with Gasteiger partial charge in [-0.1, -0.05) is 62.3 Å². The molecule has 0 unspecified atom stereocenters. The monoisotopic (exact) mass is 791 g/mol. The van der Waals surface area contributed by atoms with Crippen LogP contribution in [-0.2, 0) is 26.5 Å². The van der Waals surface area contributed by atoms with Gasteiger partial charge in [-0.15, -0.1) is 35.7 Å². The van der Waals surface area contributed by atoms with Crippen molar-refractivity contribution in [1.29, 1.82) is 0 Å². The number of fused-ring (bicyclic) bond motifs is 8. The fraction of sp³-hybridized carbons (Fsp3) is 0.103. The quantitative estimate of drug-likeness (QED) is 0.167. The fourth-order valence-corrected chi connectivity index (χ4v) is 6.38. The van der Waals surface area contributed by atoms with Gasteiger partial charge < -0.3 is 13.9 Å². The summed E-state index contributed by atoms with van der Waals surface area (Å²) in [7, 11) is 0. The summed E-state index contributed by atoms with van der Waals surface area (Å²) in [5.41, 5.74) is 7.69. The summed E-state index contributed by atoms with van der Waals surface area (Å²) in [5, 5.41) is 2.23. The van der Waals surface area contributed by atoms with Crippen LogP contribution in [0.5, 0.6) is 11.5 Å². The average Bonchev–Trinajstić information content (AvgIpc) is 3.71. The van der Waals surface area contributed by atoms with Crippen molar-refractivity contribution in [3.8, 4) is 23.0 Å². The zero-order valence-corrected chi connectivity index (χ0v) is 28.1. The summed E-state index contributed by atoms with van der Waals surface area (Å²) in [6.45, 7) is 6.65. The van der Waals surface area contributed by atoms with E-state index in [4.69, 9.17) is 14.7 Å². The van der Waals surface area contributed by atoms with Gasteiger partial charge in [0.1, 0.15) is 11.3 Å². The van der Waals surface area contributed by atoms with Crippen molar-refractivity contribution >= 4 is 49.8 Å². The predicted octanol–water partition coefficient (Wildman–Crippen LogP) is 9.01. The van der Waals surface area contributed by atoms with Crippen molar-refractivity contribution in [3.63, 3.8) is 0 Å². The van der Waals surface area contributed by atoms with E-state index in [9.17, 15) is 0 Å².